The molecule has 0 unspecified atom stereocenters. The zero-order valence-corrected chi connectivity index (χ0v) is 13.3. The number of nitro benzene ring substituents is 1. The minimum absolute atomic E-state index is 0.0384. The fraction of sp³-hybridized carbons (Fsp3) is 0.235. The first-order valence-corrected chi connectivity index (χ1v) is 7.23. The van der Waals surface area contributed by atoms with E-state index in [0.717, 1.165) is 22.4 Å². The Labute approximate surface area is 134 Å². The quantitative estimate of drug-likeness (QED) is 0.653. The van der Waals surface area contributed by atoms with Gasteiger partial charge in [0.25, 0.3) is 5.69 Å². The maximum Gasteiger partial charge on any atom is 0.293 e. The first-order chi connectivity index (χ1) is 10.9. The molecule has 0 fully saturated rings. The van der Waals surface area contributed by atoms with Crippen LogP contribution in [0.15, 0.2) is 36.4 Å². The van der Waals surface area contributed by atoms with Crippen LogP contribution in [-0.2, 0) is 4.79 Å². The summed E-state index contributed by atoms with van der Waals surface area (Å²) in [4.78, 5) is 22.6. The number of aryl methyl sites for hydroxylation is 3. The summed E-state index contributed by atoms with van der Waals surface area (Å²) in [5.74, 6) is -0.334. The van der Waals surface area contributed by atoms with Crippen molar-refractivity contribution in [2.45, 2.75) is 20.8 Å². The fourth-order valence-electron chi connectivity index (χ4n) is 2.35. The predicted octanol–water partition coefficient (Wildman–Crippen LogP) is 3.57. The van der Waals surface area contributed by atoms with Crippen molar-refractivity contribution in [1.29, 1.82) is 0 Å². The number of carbonyl (C=O) groups is 1. The van der Waals surface area contributed by atoms with Crippen LogP contribution >= 0.6 is 0 Å². The summed E-state index contributed by atoms with van der Waals surface area (Å²) in [5.41, 5.74) is 3.85. The average Bonchev–Trinajstić information content (AvgIpc) is 2.48. The molecule has 0 radical (unpaired) electrons. The Bertz CT molecular complexity index is 736. The van der Waals surface area contributed by atoms with Gasteiger partial charge in [0.2, 0.25) is 5.91 Å². The molecule has 6 heteroatoms. The van der Waals surface area contributed by atoms with E-state index < -0.39 is 4.92 Å². The van der Waals surface area contributed by atoms with Crippen LogP contribution in [0.3, 0.4) is 0 Å². The van der Waals surface area contributed by atoms with Gasteiger partial charge in [-0.1, -0.05) is 24.3 Å². The van der Waals surface area contributed by atoms with Crippen molar-refractivity contribution < 1.29 is 9.72 Å². The molecule has 0 spiro atoms. The summed E-state index contributed by atoms with van der Waals surface area (Å²) in [5, 5.41) is 16.7. The Balaban J connectivity index is 2.07. The molecule has 0 heterocycles. The largest absolute Gasteiger partial charge is 0.376 e. The smallest absolute Gasteiger partial charge is 0.293 e. The normalized spacial score (nSPS) is 10.2. The topological polar surface area (TPSA) is 84.3 Å². The summed E-state index contributed by atoms with van der Waals surface area (Å²) < 4.78 is 0. The van der Waals surface area contributed by atoms with Gasteiger partial charge in [0.1, 0.15) is 5.69 Å². The first-order valence-electron chi connectivity index (χ1n) is 7.23. The van der Waals surface area contributed by atoms with Gasteiger partial charge in [0, 0.05) is 11.8 Å². The van der Waals surface area contributed by atoms with Crippen LogP contribution in [0.25, 0.3) is 0 Å². The maximum atomic E-state index is 12.1. The fourth-order valence-corrected chi connectivity index (χ4v) is 2.35. The molecule has 0 saturated carbocycles. The lowest BCUT2D eigenvalue weighted by molar-refractivity contribution is -0.384. The molecule has 2 rings (SSSR count). The number of hydrogen-bond acceptors (Lipinski definition) is 4. The van der Waals surface area contributed by atoms with E-state index in [1.165, 1.54) is 6.07 Å². The van der Waals surface area contributed by atoms with Crippen LogP contribution < -0.4 is 10.6 Å². The SMILES string of the molecule is Cc1ccc(NC(=O)CNc2c(C)cccc2C)c([N+](=O)[O-])c1. The minimum Gasteiger partial charge on any atom is -0.376 e. The van der Waals surface area contributed by atoms with Gasteiger partial charge in [-0.15, -0.1) is 0 Å². The Hall–Kier alpha value is -2.89. The van der Waals surface area contributed by atoms with Crippen LogP contribution in [0.4, 0.5) is 17.1 Å². The summed E-state index contributed by atoms with van der Waals surface area (Å²) in [6, 6.07) is 10.6. The third-order valence-corrected chi connectivity index (χ3v) is 3.53. The third kappa shape index (κ3) is 4.06. The van der Waals surface area contributed by atoms with Crippen molar-refractivity contribution >= 4 is 23.0 Å². The second-order valence-electron chi connectivity index (χ2n) is 5.45. The molecule has 23 heavy (non-hydrogen) atoms. The van der Waals surface area contributed by atoms with Gasteiger partial charge in [0.15, 0.2) is 0 Å². The number of benzene rings is 2. The van der Waals surface area contributed by atoms with Gasteiger partial charge in [-0.05, 0) is 43.5 Å². The van der Waals surface area contributed by atoms with E-state index in [-0.39, 0.29) is 23.8 Å². The molecule has 2 aromatic rings. The lowest BCUT2D eigenvalue weighted by Gasteiger charge is -2.12. The van der Waals surface area contributed by atoms with Crippen LogP contribution in [-0.4, -0.2) is 17.4 Å². The number of nitro groups is 1. The number of anilines is 2. The van der Waals surface area contributed by atoms with Crippen molar-refractivity contribution in [2.75, 3.05) is 17.2 Å². The number of nitrogens with zero attached hydrogens (tertiary/aromatic N) is 1. The molecule has 2 aromatic carbocycles. The van der Waals surface area contributed by atoms with E-state index >= 15 is 0 Å². The van der Waals surface area contributed by atoms with Gasteiger partial charge >= 0.3 is 0 Å². The van der Waals surface area contributed by atoms with E-state index in [1.54, 1.807) is 19.1 Å². The maximum absolute atomic E-state index is 12.1. The number of amides is 1. The number of nitrogens with one attached hydrogen (secondary N) is 2. The molecule has 0 bridgehead atoms. The molecule has 0 aliphatic rings. The summed E-state index contributed by atoms with van der Waals surface area (Å²) in [6.07, 6.45) is 0. The van der Waals surface area contributed by atoms with Crippen LogP contribution in [0, 0.1) is 30.9 Å². The molecule has 1 amide bonds. The highest BCUT2D eigenvalue weighted by Crippen LogP contribution is 2.25. The monoisotopic (exact) mass is 313 g/mol. The molecule has 0 aromatic heterocycles. The van der Waals surface area contributed by atoms with Gasteiger partial charge in [-0.3, -0.25) is 14.9 Å². The van der Waals surface area contributed by atoms with Crippen LogP contribution in [0.5, 0.6) is 0 Å². The Kier molecular flexibility index (Phi) is 4.95. The number of rotatable bonds is 5. The standard InChI is InChI=1S/C17H19N3O3/c1-11-7-8-14(15(9-11)20(22)23)19-16(21)10-18-17-12(2)5-4-6-13(17)3/h4-9,18H,10H2,1-3H3,(H,19,21). The highest BCUT2D eigenvalue weighted by Gasteiger charge is 2.16. The van der Waals surface area contributed by atoms with E-state index in [2.05, 4.69) is 10.6 Å². The number of hydrogen-bond donors (Lipinski definition) is 2. The minimum atomic E-state index is -0.498. The molecular weight excluding hydrogens is 294 g/mol. The Morgan fingerprint density at radius 2 is 1.78 bits per heavy atom. The lowest BCUT2D eigenvalue weighted by Crippen LogP contribution is -2.22. The summed E-state index contributed by atoms with van der Waals surface area (Å²) in [7, 11) is 0. The molecular formula is C17H19N3O3. The molecule has 0 atom stereocenters. The van der Waals surface area contributed by atoms with Crippen LogP contribution in [0.1, 0.15) is 16.7 Å². The zero-order valence-electron chi connectivity index (χ0n) is 13.3. The second-order valence-corrected chi connectivity index (χ2v) is 5.45. The Morgan fingerprint density at radius 1 is 1.13 bits per heavy atom. The summed E-state index contributed by atoms with van der Waals surface area (Å²) in [6.45, 7) is 5.72. The van der Waals surface area contributed by atoms with Gasteiger partial charge < -0.3 is 10.6 Å². The molecule has 0 aliphatic heterocycles. The van der Waals surface area contributed by atoms with Crippen LogP contribution in [0.2, 0.25) is 0 Å². The molecule has 120 valence electrons. The molecule has 6 nitrogen and oxygen atoms in total. The summed E-state index contributed by atoms with van der Waals surface area (Å²) >= 11 is 0. The van der Waals surface area contributed by atoms with Crippen molar-refractivity contribution in [2.24, 2.45) is 0 Å². The average molecular weight is 313 g/mol. The van der Waals surface area contributed by atoms with Crippen molar-refractivity contribution in [3.63, 3.8) is 0 Å². The van der Waals surface area contributed by atoms with Crippen molar-refractivity contribution in [3.05, 3.63) is 63.2 Å². The molecule has 2 N–H and O–H groups in total. The van der Waals surface area contributed by atoms with Gasteiger partial charge in [-0.2, -0.15) is 0 Å². The number of para-hydroxylation sites is 1. The first kappa shape index (κ1) is 16.5. The Morgan fingerprint density at radius 3 is 2.39 bits per heavy atom. The van der Waals surface area contributed by atoms with E-state index in [0.29, 0.717) is 0 Å². The van der Waals surface area contributed by atoms with Gasteiger partial charge in [-0.25, -0.2) is 0 Å². The highest BCUT2D eigenvalue weighted by molar-refractivity contribution is 5.96. The van der Waals surface area contributed by atoms with E-state index in [9.17, 15) is 14.9 Å². The second kappa shape index (κ2) is 6.91. The zero-order chi connectivity index (χ0) is 17.0. The van der Waals surface area contributed by atoms with E-state index in [1.807, 2.05) is 32.0 Å². The van der Waals surface area contributed by atoms with E-state index in [4.69, 9.17) is 0 Å². The van der Waals surface area contributed by atoms with Crippen molar-refractivity contribution in [1.82, 2.24) is 0 Å². The third-order valence-electron chi connectivity index (χ3n) is 3.53. The molecule has 0 aliphatic carbocycles. The van der Waals surface area contributed by atoms with Gasteiger partial charge in [0.05, 0.1) is 11.5 Å². The predicted molar refractivity (Wildman–Crippen MR) is 90.9 cm³/mol. The van der Waals surface area contributed by atoms with Crippen molar-refractivity contribution in [3.8, 4) is 0 Å². The highest BCUT2D eigenvalue weighted by atomic mass is 16.6. The lowest BCUT2D eigenvalue weighted by atomic mass is 10.1. The number of carbonyl (C=O) groups excluding carboxylic acids is 1. The molecule has 0 saturated heterocycles.